The van der Waals surface area contributed by atoms with Crippen LogP contribution in [0.4, 0.5) is 5.13 Å². The maximum atomic E-state index is 4.27. The summed E-state index contributed by atoms with van der Waals surface area (Å²) in [5.74, 6) is 0.821. The maximum absolute atomic E-state index is 4.27. The summed E-state index contributed by atoms with van der Waals surface area (Å²) in [6.07, 6.45) is 4.96. The number of nitrogens with zero attached hydrogens (tertiary/aromatic N) is 2. The average molecular weight is 273 g/mol. The first-order valence-corrected chi connectivity index (χ1v) is 7.76. The van der Waals surface area contributed by atoms with E-state index in [0.29, 0.717) is 6.04 Å². The Bertz CT molecular complexity index is 519. The Morgan fingerprint density at radius 2 is 2.05 bits per heavy atom. The van der Waals surface area contributed by atoms with Gasteiger partial charge in [-0.15, -0.1) is 10.2 Å². The van der Waals surface area contributed by atoms with Gasteiger partial charge in [0.1, 0.15) is 5.01 Å². The number of benzene rings is 1. The van der Waals surface area contributed by atoms with Crippen molar-refractivity contribution in [3.05, 3.63) is 40.9 Å². The Labute approximate surface area is 118 Å². The van der Waals surface area contributed by atoms with Crippen molar-refractivity contribution >= 4 is 16.5 Å². The molecule has 1 saturated carbocycles. The van der Waals surface area contributed by atoms with Gasteiger partial charge in [-0.1, -0.05) is 48.1 Å². The van der Waals surface area contributed by atoms with E-state index in [1.807, 2.05) is 6.07 Å². The summed E-state index contributed by atoms with van der Waals surface area (Å²) < 4.78 is 0. The van der Waals surface area contributed by atoms with E-state index in [2.05, 4.69) is 46.7 Å². The lowest BCUT2D eigenvalue weighted by atomic mass is 9.80. The zero-order valence-corrected chi connectivity index (χ0v) is 12.0. The molecule has 4 heteroatoms. The van der Waals surface area contributed by atoms with Gasteiger partial charge in [-0.3, -0.25) is 0 Å². The summed E-state index contributed by atoms with van der Waals surface area (Å²) in [7, 11) is 0. The summed E-state index contributed by atoms with van der Waals surface area (Å²) in [6, 6.07) is 10.9. The molecule has 1 aliphatic carbocycles. The smallest absolute Gasteiger partial charge is 0.205 e. The van der Waals surface area contributed by atoms with Gasteiger partial charge in [0.05, 0.1) is 0 Å². The molecule has 1 aromatic carbocycles. The minimum Gasteiger partial charge on any atom is -0.357 e. The molecule has 1 aliphatic rings. The van der Waals surface area contributed by atoms with Crippen LogP contribution in [0.5, 0.6) is 0 Å². The molecule has 0 saturated heterocycles. The highest BCUT2D eigenvalue weighted by molar-refractivity contribution is 7.15. The fraction of sp³-hybridized carbons (Fsp3) is 0.467. The highest BCUT2D eigenvalue weighted by Crippen LogP contribution is 2.31. The van der Waals surface area contributed by atoms with Crippen molar-refractivity contribution in [2.75, 3.05) is 5.32 Å². The van der Waals surface area contributed by atoms with Gasteiger partial charge < -0.3 is 5.32 Å². The van der Waals surface area contributed by atoms with Crippen molar-refractivity contribution in [1.29, 1.82) is 0 Å². The topological polar surface area (TPSA) is 37.8 Å². The van der Waals surface area contributed by atoms with Crippen LogP contribution in [0, 0.1) is 5.92 Å². The molecule has 0 spiro atoms. The first kappa shape index (κ1) is 12.6. The van der Waals surface area contributed by atoms with E-state index in [-0.39, 0.29) is 0 Å². The first-order chi connectivity index (χ1) is 9.31. The molecule has 0 amide bonds. The molecule has 0 bridgehead atoms. The molecular formula is C15H19N3S. The van der Waals surface area contributed by atoms with Crippen molar-refractivity contribution in [1.82, 2.24) is 10.2 Å². The van der Waals surface area contributed by atoms with E-state index < -0.39 is 0 Å². The van der Waals surface area contributed by atoms with Crippen LogP contribution in [0.25, 0.3) is 0 Å². The zero-order chi connectivity index (χ0) is 13.1. The van der Waals surface area contributed by atoms with Crippen molar-refractivity contribution in [3.63, 3.8) is 0 Å². The summed E-state index contributed by atoms with van der Waals surface area (Å²) >= 11 is 1.67. The van der Waals surface area contributed by atoms with Crippen LogP contribution in [-0.4, -0.2) is 16.2 Å². The largest absolute Gasteiger partial charge is 0.357 e. The fourth-order valence-corrected chi connectivity index (χ4v) is 3.28. The Morgan fingerprint density at radius 1 is 1.26 bits per heavy atom. The quantitative estimate of drug-likeness (QED) is 0.902. The number of hydrogen-bond acceptors (Lipinski definition) is 4. The van der Waals surface area contributed by atoms with E-state index in [4.69, 9.17) is 0 Å². The molecule has 19 heavy (non-hydrogen) atoms. The SMILES string of the molecule is CC(Nc1nnc(Cc2ccccc2)s1)C1CCC1. The number of nitrogens with one attached hydrogen (secondary N) is 1. The third kappa shape index (κ3) is 3.13. The molecule has 1 unspecified atom stereocenters. The minimum atomic E-state index is 0.520. The third-order valence-electron chi connectivity index (χ3n) is 3.87. The lowest BCUT2D eigenvalue weighted by Crippen LogP contribution is -2.30. The highest BCUT2D eigenvalue weighted by atomic mass is 32.1. The molecule has 1 aromatic heterocycles. The molecule has 0 radical (unpaired) electrons. The van der Waals surface area contributed by atoms with Crippen LogP contribution < -0.4 is 5.32 Å². The van der Waals surface area contributed by atoms with E-state index in [1.54, 1.807) is 11.3 Å². The summed E-state index contributed by atoms with van der Waals surface area (Å²) in [5, 5.41) is 14.1. The normalized spacial score (nSPS) is 16.9. The number of hydrogen-bond donors (Lipinski definition) is 1. The number of aromatic nitrogens is 2. The van der Waals surface area contributed by atoms with Crippen LogP contribution in [0.3, 0.4) is 0 Å². The number of rotatable bonds is 5. The van der Waals surface area contributed by atoms with E-state index >= 15 is 0 Å². The number of anilines is 1. The fourth-order valence-electron chi connectivity index (χ4n) is 2.41. The summed E-state index contributed by atoms with van der Waals surface area (Å²) in [6.45, 7) is 2.25. The lowest BCUT2D eigenvalue weighted by Gasteiger charge is -2.31. The van der Waals surface area contributed by atoms with Crippen LogP contribution in [0.15, 0.2) is 30.3 Å². The van der Waals surface area contributed by atoms with Gasteiger partial charge in [0, 0.05) is 12.5 Å². The van der Waals surface area contributed by atoms with E-state index in [1.165, 1.54) is 24.8 Å². The Morgan fingerprint density at radius 3 is 2.74 bits per heavy atom. The van der Waals surface area contributed by atoms with E-state index in [9.17, 15) is 0 Å². The summed E-state index contributed by atoms with van der Waals surface area (Å²) in [4.78, 5) is 0. The van der Waals surface area contributed by atoms with Gasteiger partial charge in [0.2, 0.25) is 5.13 Å². The molecule has 3 rings (SSSR count). The second-order valence-corrected chi connectivity index (χ2v) is 6.35. The van der Waals surface area contributed by atoms with Crippen molar-refractivity contribution in [3.8, 4) is 0 Å². The molecule has 0 aliphatic heterocycles. The summed E-state index contributed by atoms with van der Waals surface area (Å²) in [5.41, 5.74) is 1.29. The van der Waals surface area contributed by atoms with Gasteiger partial charge in [-0.2, -0.15) is 0 Å². The average Bonchev–Trinajstić information content (AvgIpc) is 2.75. The monoisotopic (exact) mass is 273 g/mol. The minimum absolute atomic E-state index is 0.520. The van der Waals surface area contributed by atoms with E-state index in [0.717, 1.165) is 22.5 Å². The van der Waals surface area contributed by atoms with Crippen LogP contribution in [-0.2, 0) is 6.42 Å². The van der Waals surface area contributed by atoms with Gasteiger partial charge in [0.25, 0.3) is 0 Å². The van der Waals surface area contributed by atoms with Crippen LogP contribution in [0.2, 0.25) is 0 Å². The zero-order valence-electron chi connectivity index (χ0n) is 11.2. The third-order valence-corrected chi connectivity index (χ3v) is 4.73. The molecule has 1 atom stereocenters. The predicted octanol–water partition coefficient (Wildman–Crippen LogP) is 3.73. The maximum Gasteiger partial charge on any atom is 0.205 e. The molecule has 1 heterocycles. The van der Waals surface area contributed by atoms with Gasteiger partial charge in [-0.25, -0.2) is 0 Å². The van der Waals surface area contributed by atoms with Crippen LogP contribution in [0.1, 0.15) is 36.8 Å². The van der Waals surface area contributed by atoms with Crippen molar-refractivity contribution in [2.45, 2.75) is 38.6 Å². The lowest BCUT2D eigenvalue weighted by molar-refractivity contribution is 0.285. The Kier molecular flexibility index (Phi) is 3.78. The van der Waals surface area contributed by atoms with Crippen LogP contribution >= 0.6 is 11.3 Å². The first-order valence-electron chi connectivity index (χ1n) is 6.94. The molecular weight excluding hydrogens is 254 g/mol. The van der Waals surface area contributed by atoms with Gasteiger partial charge in [0.15, 0.2) is 0 Å². The second-order valence-electron chi connectivity index (χ2n) is 5.29. The molecule has 1 N–H and O–H groups in total. The second kappa shape index (κ2) is 5.70. The Hall–Kier alpha value is -1.42. The van der Waals surface area contributed by atoms with Crippen molar-refractivity contribution in [2.24, 2.45) is 5.92 Å². The molecule has 3 nitrogen and oxygen atoms in total. The molecule has 100 valence electrons. The molecule has 1 fully saturated rings. The standard InChI is InChI=1S/C15H19N3S/c1-11(13-8-5-9-13)16-15-18-17-14(19-15)10-12-6-3-2-4-7-12/h2-4,6-7,11,13H,5,8-10H2,1H3,(H,16,18). The van der Waals surface area contributed by atoms with Crippen molar-refractivity contribution < 1.29 is 0 Å². The Balaban J connectivity index is 1.59. The highest BCUT2D eigenvalue weighted by Gasteiger charge is 2.24. The predicted molar refractivity (Wildman–Crippen MR) is 79.6 cm³/mol. The van der Waals surface area contributed by atoms with Gasteiger partial charge in [-0.05, 0) is 31.2 Å². The van der Waals surface area contributed by atoms with Gasteiger partial charge >= 0.3 is 0 Å². The molecule has 2 aromatic rings.